The van der Waals surface area contributed by atoms with Gasteiger partial charge in [-0.25, -0.2) is 0 Å². The molecule has 1 heterocycles. The lowest BCUT2D eigenvalue weighted by atomic mass is 9.69. The van der Waals surface area contributed by atoms with Gasteiger partial charge in [-0.05, 0) is 108 Å². The van der Waals surface area contributed by atoms with Crippen LogP contribution in [0, 0.1) is 0 Å². The number of fused-ring (bicyclic) bond motifs is 15. The van der Waals surface area contributed by atoms with Crippen molar-refractivity contribution in [3.63, 3.8) is 0 Å². The molecule has 0 saturated heterocycles. The highest BCUT2D eigenvalue weighted by Gasteiger charge is 2.53. The number of nitrogens with zero attached hydrogens (tertiary/aromatic N) is 1. The van der Waals surface area contributed by atoms with Crippen LogP contribution in [0.1, 0.15) is 22.3 Å². The van der Waals surface area contributed by atoms with Crippen molar-refractivity contribution >= 4 is 49.8 Å². The van der Waals surface area contributed by atoms with Gasteiger partial charge in [-0.1, -0.05) is 182 Å². The van der Waals surface area contributed by atoms with Gasteiger partial charge in [0.1, 0.15) is 11.2 Å². The first-order chi connectivity index (χ1) is 30.3. The van der Waals surface area contributed by atoms with E-state index in [2.05, 4.69) is 223 Å². The number of hydrogen-bond acceptors (Lipinski definition) is 2. The maximum Gasteiger partial charge on any atom is 0.137 e. The Morgan fingerprint density at radius 1 is 0.344 bits per heavy atom. The Labute approximate surface area is 354 Å². The molecule has 10 aromatic carbocycles. The smallest absolute Gasteiger partial charge is 0.137 e. The van der Waals surface area contributed by atoms with E-state index in [9.17, 15) is 0 Å². The van der Waals surface area contributed by atoms with Crippen molar-refractivity contribution in [2.24, 2.45) is 0 Å². The maximum absolute atomic E-state index is 6.58. The van der Waals surface area contributed by atoms with Crippen molar-refractivity contribution in [1.29, 1.82) is 0 Å². The molecule has 13 rings (SSSR count). The first kappa shape index (κ1) is 34.0. The lowest BCUT2D eigenvalue weighted by molar-refractivity contribution is 0.669. The van der Waals surface area contributed by atoms with Crippen molar-refractivity contribution in [2.75, 3.05) is 4.90 Å². The summed E-state index contributed by atoms with van der Waals surface area (Å²) < 4.78 is 6.58. The van der Waals surface area contributed by atoms with E-state index in [1.807, 2.05) is 6.07 Å². The highest BCUT2D eigenvalue weighted by molar-refractivity contribution is 6.09. The largest absolute Gasteiger partial charge is 0.456 e. The van der Waals surface area contributed by atoms with Gasteiger partial charge in [0.2, 0.25) is 0 Å². The third-order valence-electron chi connectivity index (χ3n) is 13.3. The van der Waals surface area contributed by atoms with Crippen LogP contribution in [-0.2, 0) is 5.41 Å². The van der Waals surface area contributed by atoms with E-state index < -0.39 is 5.41 Å². The molecule has 284 valence electrons. The summed E-state index contributed by atoms with van der Waals surface area (Å²) in [6.07, 6.45) is 0. The fourth-order valence-corrected chi connectivity index (χ4v) is 10.7. The molecule has 0 radical (unpaired) electrons. The van der Waals surface area contributed by atoms with Crippen LogP contribution < -0.4 is 4.90 Å². The minimum Gasteiger partial charge on any atom is -0.456 e. The molecule has 2 aliphatic rings. The molecule has 0 bridgehead atoms. The van der Waals surface area contributed by atoms with Gasteiger partial charge in [0.25, 0.3) is 0 Å². The first-order valence-corrected chi connectivity index (χ1v) is 21.1. The minimum absolute atomic E-state index is 0.555. The molecule has 0 unspecified atom stereocenters. The predicted molar refractivity (Wildman–Crippen MR) is 253 cm³/mol. The van der Waals surface area contributed by atoms with Crippen LogP contribution in [0.2, 0.25) is 0 Å². The molecule has 0 aliphatic heterocycles. The number of hydrogen-bond donors (Lipinski definition) is 0. The van der Waals surface area contributed by atoms with Gasteiger partial charge in [0.05, 0.1) is 11.1 Å². The average Bonchev–Trinajstić information content (AvgIpc) is 3.96. The van der Waals surface area contributed by atoms with Crippen molar-refractivity contribution in [3.05, 3.63) is 247 Å². The van der Waals surface area contributed by atoms with Crippen molar-refractivity contribution < 1.29 is 4.42 Å². The van der Waals surface area contributed by atoms with Crippen LogP contribution in [0.4, 0.5) is 17.1 Å². The molecule has 1 spiro atoms. The fraction of sp³-hybridized carbons (Fsp3) is 0.0169. The van der Waals surface area contributed by atoms with E-state index in [0.29, 0.717) is 0 Å². The van der Waals surface area contributed by atoms with Gasteiger partial charge in [-0.15, -0.1) is 0 Å². The monoisotopic (exact) mass is 775 g/mol. The second-order valence-electron chi connectivity index (χ2n) is 16.4. The number of anilines is 3. The minimum atomic E-state index is -0.555. The fourth-order valence-electron chi connectivity index (χ4n) is 10.7. The summed E-state index contributed by atoms with van der Waals surface area (Å²) in [5.74, 6) is 0. The van der Waals surface area contributed by atoms with Crippen LogP contribution >= 0.6 is 0 Å². The van der Waals surface area contributed by atoms with Crippen LogP contribution in [0.15, 0.2) is 229 Å². The Balaban J connectivity index is 1.06. The topological polar surface area (TPSA) is 16.4 Å². The quantitative estimate of drug-likeness (QED) is 0.173. The summed E-state index contributed by atoms with van der Waals surface area (Å²) >= 11 is 0. The number of rotatable bonds is 5. The predicted octanol–water partition coefficient (Wildman–Crippen LogP) is 15.9. The molecular formula is C59H37NO. The van der Waals surface area contributed by atoms with Crippen LogP contribution in [0.3, 0.4) is 0 Å². The zero-order valence-electron chi connectivity index (χ0n) is 33.2. The summed E-state index contributed by atoms with van der Waals surface area (Å²) in [6, 6.07) is 82.3. The van der Waals surface area contributed by atoms with Crippen LogP contribution in [-0.4, -0.2) is 0 Å². The maximum atomic E-state index is 6.58. The molecule has 0 saturated carbocycles. The lowest BCUT2D eigenvalue weighted by Gasteiger charge is -2.36. The summed E-state index contributed by atoms with van der Waals surface area (Å²) in [4.78, 5) is 2.46. The molecule has 2 nitrogen and oxygen atoms in total. The van der Waals surface area contributed by atoms with E-state index >= 15 is 0 Å². The standard InChI is InChI=1S/C59H37NO/c1-2-13-38(14-3-1)39-25-27-40(28-26-39)41-29-32-43(33-30-41)60(44-34-35-48-47-18-8-11-24-55(47)61-56(48)37-44)54-23-12-20-49-46-17-6-9-21-51(46)59(58(49)54)52-22-10-7-19-50(52)57-45-16-5-4-15-42(45)31-36-53(57)59/h1-37H/t59-/m0/s1. The Morgan fingerprint density at radius 2 is 0.918 bits per heavy atom. The number of furan rings is 1. The summed E-state index contributed by atoms with van der Waals surface area (Å²) in [5, 5.41) is 4.77. The van der Waals surface area contributed by atoms with E-state index in [1.54, 1.807) is 0 Å². The van der Waals surface area contributed by atoms with Gasteiger partial charge in [-0.2, -0.15) is 0 Å². The molecule has 0 amide bonds. The third-order valence-corrected chi connectivity index (χ3v) is 13.3. The lowest BCUT2D eigenvalue weighted by Crippen LogP contribution is -2.28. The van der Waals surface area contributed by atoms with E-state index in [4.69, 9.17) is 4.42 Å². The zero-order valence-corrected chi connectivity index (χ0v) is 33.2. The van der Waals surface area contributed by atoms with Crippen LogP contribution in [0.5, 0.6) is 0 Å². The second-order valence-corrected chi connectivity index (χ2v) is 16.4. The molecule has 2 heteroatoms. The van der Waals surface area contributed by atoms with E-state index in [0.717, 1.165) is 39.0 Å². The molecule has 1 aromatic heterocycles. The van der Waals surface area contributed by atoms with Gasteiger partial charge in [-0.3, -0.25) is 0 Å². The normalized spacial score (nSPS) is 14.6. The second kappa shape index (κ2) is 13.0. The average molecular weight is 776 g/mol. The SMILES string of the molecule is c1ccc(-c2ccc(-c3ccc(N(c4ccc5c(c4)oc4ccccc45)c4cccc5c4[C@@]4(c6ccccc6-5)c5ccccc5-c5c4ccc4ccccc54)cc3)cc2)cc1. The summed E-state index contributed by atoms with van der Waals surface area (Å²) in [6.45, 7) is 0. The van der Waals surface area contributed by atoms with Gasteiger partial charge in [0, 0.05) is 33.8 Å². The summed E-state index contributed by atoms with van der Waals surface area (Å²) in [5.41, 5.74) is 19.7. The molecule has 0 fully saturated rings. The number of para-hydroxylation sites is 1. The van der Waals surface area contributed by atoms with Gasteiger partial charge in [0.15, 0.2) is 0 Å². The molecule has 0 N–H and O–H groups in total. The van der Waals surface area contributed by atoms with Gasteiger partial charge < -0.3 is 9.32 Å². The molecule has 61 heavy (non-hydrogen) atoms. The highest BCUT2D eigenvalue weighted by Crippen LogP contribution is 2.66. The molecule has 1 atom stereocenters. The van der Waals surface area contributed by atoms with Crippen LogP contribution in [0.25, 0.3) is 77.2 Å². The Kier molecular flexibility index (Phi) is 7.26. The summed E-state index contributed by atoms with van der Waals surface area (Å²) in [7, 11) is 0. The molecule has 2 aliphatic carbocycles. The van der Waals surface area contributed by atoms with E-state index in [-0.39, 0.29) is 0 Å². The molecular weight excluding hydrogens is 739 g/mol. The highest BCUT2D eigenvalue weighted by atomic mass is 16.3. The van der Waals surface area contributed by atoms with Gasteiger partial charge >= 0.3 is 0 Å². The number of benzene rings is 10. The first-order valence-electron chi connectivity index (χ1n) is 21.1. The van der Waals surface area contributed by atoms with E-state index in [1.165, 1.54) is 77.5 Å². The Bertz CT molecular complexity index is 3520. The molecule has 11 aromatic rings. The van der Waals surface area contributed by atoms with Crippen molar-refractivity contribution in [1.82, 2.24) is 0 Å². The van der Waals surface area contributed by atoms with Crippen molar-refractivity contribution in [2.45, 2.75) is 5.41 Å². The zero-order chi connectivity index (χ0) is 40.1. The Morgan fingerprint density at radius 3 is 1.70 bits per heavy atom. The third kappa shape index (κ3) is 4.85. The van der Waals surface area contributed by atoms with Crippen molar-refractivity contribution in [3.8, 4) is 44.5 Å². The Hall–Kier alpha value is -7.94.